The standard InChI is InChI=1S/C20H16BrN5O3S/c21-13-7-14-15(29-10-28-14)8-16(13)30-20-24-17-18(22)23-9-26(19(17)25-20)6-5-11-1-3-12(27)4-2-11/h1-4,7-9,22,27H,5-6,10H2,(H,24,25). The monoisotopic (exact) mass is 485 g/mol. The van der Waals surface area contributed by atoms with Crippen LogP contribution < -0.4 is 15.0 Å². The highest BCUT2D eigenvalue weighted by Gasteiger charge is 2.18. The van der Waals surface area contributed by atoms with Gasteiger partial charge in [-0.1, -0.05) is 23.9 Å². The summed E-state index contributed by atoms with van der Waals surface area (Å²) in [5, 5.41) is 18.2. The molecule has 0 saturated carbocycles. The molecular weight excluding hydrogens is 470 g/mol. The lowest BCUT2D eigenvalue weighted by molar-refractivity contribution is 0.174. The van der Waals surface area contributed by atoms with Gasteiger partial charge in [0.15, 0.2) is 27.8 Å². The van der Waals surface area contributed by atoms with E-state index >= 15 is 0 Å². The van der Waals surface area contributed by atoms with Crippen LogP contribution in [-0.4, -0.2) is 31.4 Å². The fraction of sp³-hybridized carbons (Fsp3) is 0.150. The second-order valence-corrected chi connectivity index (χ2v) is 8.57. The number of rotatable bonds is 5. The summed E-state index contributed by atoms with van der Waals surface area (Å²) in [6.45, 7) is 0.868. The molecule has 0 spiro atoms. The molecule has 152 valence electrons. The molecule has 5 rings (SSSR count). The molecule has 0 fully saturated rings. The Morgan fingerprint density at radius 2 is 1.97 bits per heavy atom. The average molecular weight is 486 g/mol. The van der Waals surface area contributed by atoms with Gasteiger partial charge < -0.3 is 24.1 Å². The second kappa shape index (κ2) is 7.69. The van der Waals surface area contributed by atoms with Crippen LogP contribution in [0, 0.1) is 5.41 Å². The number of fused-ring (bicyclic) bond motifs is 2. The Labute approximate surface area is 183 Å². The number of aromatic nitrogens is 4. The lowest BCUT2D eigenvalue weighted by atomic mass is 10.1. The lowest BCUT2D eigenvalue weighted by Crippen LogP contribution is -2.13. The third kappa shape index (κ3) is 3.63. The lowest BCUT2D eigenvalue weighted by Gasteiger charge is -2.07. The predicted molar refractivity (Wildman–Crippen MR) is 114 cm³/mol. The molecule has 0 unspecified atom stereocenters. The smallest absolute Gasteiger partial charge is 0.231 e. The van der Waals surface area contributed by atoms with E-state index < -0.39 is 0 Å². The summed E-state index contributed by atoms with van der Waals surface area (Å²) in [5.41, 5.74) is 2.50. The van der Waals surface area contributed by atoms with Gasteiger partial charge in [-0.15, -0.1) is 0 Å². The predicted octanol–water partition coefficient (Wildman–Crippen LogP) is 3.83. The Morgan fingerprint density at radius 1 is 1.20 bits per heavy atom. The van der Waals surface area contributed by atoms with Crippen molar-refractivity contribution < 1.29 is 14.6 Å². The van der Waals surface area contributed by atoms with Gasteiger partial charge in [-0.05, 0) is 52.2 Å². The second-order valence-electron chi connectivity index (χ2n) is 6.68. The van der Waals surface area contributed by atoms with Crippen molar-refractivity contribution >= 4 is 38.9 Å². The number of H-pyrrole nitrogens is 1. The summed E-state index contributed by atoms with van der Waals surface area (Å²) in [6.07, 6.45) is 2.39. The van der Waals surface area contributed by atoms with E-state index in [-0.39, 0.29) is 18.0 Å². The summed E-state index contributed by atoms with van der Waals surface area (Å²) in [6, 6.07) is 10.9. The molecule has 3 N–H and O–H groups in total. The Kier molecular flexibility index (Phi) is 4.87. The van der Waals surface area contributed by atoms with Gasteiger partial charge in [0.1, 0.15) is 11.3 Å². The fourth-order valence-corrected chi connectivity index (χ4v) is 4.55. The van der Waals surface area contributed by atoms with E-state index in [0.717, 1.165) is 21.4 Å². The van der Waals surface area contributed by atoms with Crippen LogP contribution in [0.25, 0.3) is 11.2 Å². The highest BCUT2D eigenvalue weighted by molar-refractivity contribution is 9.10. The first-order valence-electron chi connectivity index (χ1n) is 9.11. The first kappa shape index (κ1) is 19.0. The van der Waals surface area contributed by atoms with Gasteiger partial charge in [0.05, 0.1) is 6.33 Å². The molecule has 10 heteroatoms. The normalized spacial score (nSPS) is 12.6. The van der Waals surface area contributed by atoms with Gasteiger partial charge in [0.2, 0.25) is 6.79 Å². The Hall–Kier alpha value is -2.98. The largest absolute Gasteiger partial charge is 0.508 e. The topological polar surface area (TPSA) is 109 Å². The van der Waals surface area contributed by atoms with Gasteiger partial charge in [-0.3, -0.25) is 5.41 Å². The van der Waals surface area contributed by atoms with Crippen molar-refractivity contribution in [2.24, 2.45) is 0 Å². The maximum Gasteiger partial charge on any atom is 0.231 e. The van der Waals surface area contributed by atoms with Crippen molar-refractivity contribution in [1.82, 2.24) is 19.5 Å². The molecule has 0 amide bonds. The molecule has 0 aliphatic carbocycles. The van der Waals surface area contributed by atoms with E-state index in [2.05, 4.69) is 25.9 Å². The molecule has 1 aliphatic rings. The average Bonchev–Trinajstić information content (AvgIpc) is 3.36. The molecule has 8 nitrogen and oxygen atoms in total. The van der Waals surface area contributed by atoms with E-state index in [0.29, 0.717) is 34.4 Å². The minimum atomic E-state index is 0.148. The van der Waals surface area contributed by atoms with Gasteiger partial charge in [0.25, 0.3) is 0 Å². The molecule has 0 atom stereocenters. The van der Waals surface area contributed by atoms with Crippen molar-refractivity contribution in [1.29, 1.82) is 5.41 Å². The quantitative estimate of drug-likeness (QED) is 0.396. The minimum Gasteiger partial charge on any atom is -0.508 e. The number of phenolic OH excluding ortho intramolecular Hbond substituents is 1. The third-order valence-corrected chi connectivity index (χ3v) is 6.57. The maximum absolute atomic E-state index is 9.44. The van der Waals surface area contributed by atoms with Crippen LogP contribution in [0.1, 0.15) is 5.56 Å². The van der Waals surface area contributed by atoms with Crippen molar-refractivity contribution in [3.63, 3.8) is 0 Å². The number of aromatic hydroxyl groups is 1. The maximum atomic E-state index is 9.44. The molecule has 2 aromatic carbocycles. The van der Waals surface area contributed by atoms with Crippen molar-refractivity contribution in [3.05, 3.63) is 58.2 Å². The molecular formula is C20H16BrN5O3S. The number of aromatic amines is 1. The number of hydrogen-bond acceptors (Lipinski definition) is 7. The SMILES string of the molecule is N=c1ncn(CCc2ccc(O)cc2)c2nc(Sc3cc4c(cc3Br)OCO4)[nH]c12. The van der Waals surface area contributed by atoms with E-state index in [4.69, 9.17) is 19.9 Å². The van der Waals surface area contributed by atoms with Crippen LogP contribution in [0.3, 0.4) is 0 Å². The number of nitrogens with one attached hydrogen (secondary N) is 2. The summed E-state index contributed by atoms with van der Waals surface area (Å²) >= 11 is 5.00. The van der Waals surface area contributed by atoms with Gasteiger partial charge in [0, 0.05) is 15.9 Å². The van der Waals surface area contributed by atoms with E-state index in [1.165, 1.54) is 11.8 Å². The van der Waals surface area contributed by atoms with Crippen molar-refractivity contribution in [2.75, 3.05) is 6.79 Å². The number of nitrogens with zero attached hydrogens (tertiary/aromatic N) is 3. The first-order valence-corrected chi connectivity index (χ1v) is 10.7. The third-order valence-electron chi connectivity index (χ3n) is 4.71. The molecule has 1 aliphatic heterocycles. The molecule has 2 aromatic heterocycles. The van der Waals surface area contributed by atoms with E-state index in [9.17, 15) is 5.11 Å². The molecule has 0 radical (unpaired) electrons. The van der Waals surface area contributed by atoms with Crippen molar-refractivity contribution in [2.45, 2.75) is 23.0 Å². The number of benzene rings is 2. The highest BCUT2D eigenvalue weighted by Crippen LogP contribution is 2.42. The van der Waals surface area contributed by atoms with Crippen molar-refractivity contribution in [3.8, 4) is 17.2 Å². The van der Waals surface area contributed by atoms with Gasteiger partial charge in [-0.2, -0.15) is 0 Å². The first-order chi connectivity index (χ1) is 14.6. The number of halogens is 1. The number of phenols is 1. The number of hydrogen-bond donors (Lipinski definition) is 3. The molecule has 0 bridgehead atoms. The summed E-state index contributed by atoms with van der Waals surface area (Å²) in [4.78, 5) is 13.0. The molecule has 4 aromatic rings. The zero-order chi connectivity index (χ0) is 20.7. The van der Waals surface area contributed by atoms with Crippen LogP contribution >= 0.6 is 27.7 Å². The van der Waals surface area contributed by atoms with Crippen LogP contribution in [0.15, 0.2) is 57.3 Å². The molecule has 3 heterocycles. The Morgan fingerprint density at radius 3 is 2.77 bits per heavy atom. The highest BCUT2D eigenvalue weighted by atomic mass is 79.9. The van der Waals surface area contributed by atoms with Crippen LogP contribution in [0.5, 0.6) is 17.2 Å². The summed E-state index contributed by atoms with van der Waals surface area (Å²) < 4.78 is 13.7. The van der Waals surface area contributed by atoms with E-state index in [1.807, 2.05) is 28.8 Å². The number of aryl methyl sites for hydroxylation is 2. The molecule has 0 saturated heterocycles. The zero-order valence-electron chi connectivity index (χ0n) is 15.6. The fourth-order valence-electron chi connectivity index (χ4n) is 3.17. The summed E-state index contributed by atoms with van der Waals surface area (Å²) in [7, 11) is 0. The van der Waals surface area contributed by atoms with Gasteiger partial charge in [-0.25, -0.2) is 9.97 Å². The Bertz CT molecular complexity index is 1300. The Balaban J connectivity index is 1.44. The van der Waals surface area contributed by atoms with Crippen LogP contribution in [0.4, 0.5) is 0 Å². The van der Waals surface area contributed by atoms with E-state index in [1.54, 1.807) is 18.5 Å². The zero-order valence-corrected chi connectivity index (χ0v) is 18.0. The van der Waals surface area contributed by atoms with Crippen LogP contribution in [0.2, 0.25) is 0 Å². The summed E-state index contributed by atoms with van der Waals surface area (Å²) in [5.74, 6) is 1.65. The van der Waals surface area contributed by atoms with Gasteiger partial charge >= 0.3 is 0 Å². The molecule has 30 heavy (non-hydrogen) atoms. The number of ether oxygens (including phenoxy) is 2. The van der Waals surface area contributed by atoms with Crippen LogP contribution in [-0.2, 0) is 13.0 Å². The minimum absolute atomic E-state index is 0.148. The number of imidazole rings is 1.